The van der Waals surface area contributed by atoms with Crippen molar-refractivity contribution in [1.82, 2.24) is 10.2 Å². The largest absolute Gasteiger partial charge is 0.352 e. The van der Waals surface area contributed by atoms with E-state index in [-0.39, 0.29) is 25.0 Å². The van der Waals surface area contributed by atoms with Gasteiger partial charge < -0.3 is 10.2 Å². The zero-order valence-corrected chi connectivity index (χ0v) is 22.0. The molecule has 7 nitrogen and oxygen atoms in total. The summed E-state index contributed by atoms with van der Waals surface area (Å²) in [6, 6.07) is 14.3. The van der Waals surface area contributed by atoms with Crippen molar-refractivity contribution in [1.29, 1.82) is 0 Å². The predicted molar refractivity (Wildman–Crippen MR) is 140 cm³/mol. The molecule has 1 saturated carbocycles. The molecule has 0 saturated heterocycles. The number of carbonyl (C=O) groups is 2. The molecule has 2 aromatic carbocycles. The third-order valence-electron chi connectivity index (χ3n) is 6.53. The summed E-state index contributed by atoms with van der Waals surface area (Å²) in [6.45, 7) is 5.59. The highest BCUT2D eigenvalue weighted by Gasteiger charge is 2.33. The average molecular weight is 500 g/mol. The third-order valence-corrected chi connectivity index (χ3v) is 7.67. The second kappa shape index (κ2) is 11.7. The Bertz CT molecular complexity index is 1130. The highest BCUT2D eigenvalue weighted by atomic mass is 32.2. The Morgan fingerprint density at radius 3 is 2.26 bits per heavy atom. The van der Waals surface area contributed by atoms with Crippen molar-refractivity contribution in [2.45, 2.75) is 71.5 Å². The Morgan fingerprint density at radius 1 is 1.03 bits per heavy atom. The van der Waals surface area contributed by atoms with Crippen LogP contribution in [0.15, 0.2) is 48.5 Å². The van der Waals surface area contributed by atoms with E-state index in [9.17, 15) is 18.0 Å². The molecule has 0 bridgehead atoms. The van der Waals surface area contributed by atoms with Crippen LogP contribution in [0.3, 0.4) is 0 Å². The second-order valence-electron chi connectivity index (χ2n) is 9.53. The van der Waals surface area contributed by atoms with E-state index in [0.29, 0.717) is 12.1 Å². The molecule has 1 aliphatic carbocycles. The van der Waals surface area contributed by atoms with E-state index in [1.165, 1.54) is 4.90 Å². The lowest BCUT2D eigenvalue weighted by Gasteiger charge is -2.33. The molecule has 1 atom stereocenters. The van der Waals surface area contributed by atoms with Gasteiger partial charge in [-0.15, -0.1) is 0 Å². The van der Waals surface area contributed by atoms with Gasteiger partial charge in [-0.05, 0) is 56.4 Å². The number of hydrogen-bond acceptors (Lipinski definition) is 4. The minimum atomic E-state index is -3.73. The summed E-state index contributed by atoms with van der Waals surface area (Å²) in [5.74, 6) is -0.591. The van der Waals surface area contributed by atoms with Gasteiger partial charge in [0.2, 0.25) is 21.8 Å². The zero-order valence-electron chi connectivity index (χ0n) is 21.2. The van der Waals surface area contributed by atoms with Gasteiger partial charge in [-0.2, -0.15) is 0 Å². The molecule has 2 aromatic rings. The first kappa shape index (κ1) is 26.7. The summed E-state index contributed by atoms with van der Waals surface area (Å²) >= 11 is 0. The van der Waals surface area contributed by atoms with Gasteiger partial charge in [0.15, 0.2) is 0 Å². The number of aryl methyl sites for hydroxylation is 2. The van der Waals surface area contributed by atoms with Gasteiger partial charge in [0.25, 0.3) is 0 Å². The molecule has 1 aliphatic rings. The molecule has 190 valence electrons. The Morgan fingerprint density at radius 2 is 1.69 bits per heavy atom. The molecule has 0 aliphatic heterocycles. The van der Waals surface area contributed by atoms with E-state index < -0.39 is 22.0 Å². The highest BCUT2D eigenvalue weighted by Crippen LogP contribution is 2.22. The third kappa shape index (κ3) is 7.31. The molecule has 1 unspecified atom stereocenters. The fraction of sp³-hybridized carbons (Fsp3) is 0.481. The van der Waals surface area contributed by atoms with E-state index >= 15 is 0 Å². The smallest absolute Gasteiger partial charge is 0.244 e. The van der Waals surface area contributed by atoms with Crippen LogP contribution in [0.5, 0.6) is 0 Å². The normalized spacial score (nSPS) is 15.0. The number of sulfonamides is 1. The highest BCUT2D eigenvalue weighted by molar-refractivity contribution is 7.92. The number of rotatable bonds is 10. The maximum Gasteiger partial charge on any atom is 0.244 e. The van der Waals surface area contributed by atoms with Crippen molar-refractivity contribution in [3.8, 4) is 0 Å². The van der Waals surface area contributed by atoms with Crippen LogP contribution in [0.1, 0.15) is 55.7 Å². The fourth-order valence-electron chi connectivity index (χ4n) is 4.57. The standard InChI is InChI=1S/C27H37N3O4S/c1-5-25(27(32)28-23-10-6-7-11-23)29(18-22-15-13-20(2)14-16-22)26(31)19-30(35(4,33)34)24-12-8-9-21(3)17-24/h8-9,12-17,23,25H,5-7,10-11,18-19H2,1-4H3,(H,28,32). The average Bonchev–Trinajstić information content (AvgIpc) is 3.30. The first-order valence-corrected chi connectivity index (χ1v) is 14.1. The van der Waals surface area contributed by atoms with Gasteiger partial charge in [-0.1, -0.05) is 61.7 Å². The van der Waals surface area contributed by atoms with E-state index in [2.05, 4.69) is 5.32 Å². The summed E-state index contributed by atoms with van der Waals surface area (Å²) in [6.07, 6.45) is 5.60. The van der Waals surface area contributed by atoms with Crippen LogP contribution >= 0.6 is 0 Å². The van der Waals surface area contributed by atoms with Crippen LogP contribution in [0, 0.1) is 13.8 Å². The predicted octanol–water partition coefficient (Wildman–Crippen LogP) is 3.94. The van der Waals surface area contributed by atoms with Crippen molar-refractivity contribution in [2.24, 2.45) is 0 Å². The Kier molecular flexibility index (Phi) is 8.94. The number of carbonyl (C=O) groups excluding carboxylic acids is 2. The van der Waals surface area contributed by atoms with Crippen LogP contribution in [-0.4, -0.2) is 50.0 Å². The van der Waals surface area contributed by atoms with Gasteiger partial charge in [0, 0.05) is 12.6 Å². The number of nitrogens with one attached hydrogen (secondary N) is 1. The van der Waals surface area contributed by atoms with Crippen LogP contribution in [0.2, 0.25) is 0 Å². The maximum atomic E-state index is 13.7. The van der Waals surface area contributed by atoms with Crippen molar-refractivity contribution in [3.05, 3.63) is 65.2 Å². The van der Waals surface area contributed by atoms with Crippen molar-refractivity contribution >= 4 is 27.5 Å². The lowest BCUT2D eigenvalue weighted by Crippen LogP contribution is -2.53. The lowest BCUT2D eigenvalue weighted by molar-refractivity contribution is -0.140. The molecule has 1 fully saturated rings. The minimum absolute atomic E-state index is 0.132. The van der Waals surface area contributed by atoms with Crippen LogP contribution in [0.25, 0.3) is 0 Å². The van der Waals surface area contributed by atoms with Crippen LogP contribution in [0.4, 0.5) is 5.69 Å². The Labute approximate surface area is 209 Å². The first-order valence-electron chi connectivity index (χ1n) is 12.3. The Hall–Kier alpha value is -2.87. The number of anilines is 1. The minimum Gasteiger partial charge on any atom is -0.352 e. The molecule has 0 radical (unpaired) electrons. The summed E-state index contributed by atoms with van der Waals surface area (Å²) in [5, 5.41) is 3.12. The monoisotopic (exact) mass is 499 g/mol. The summed E-state index contributed by atoms with van der Waals surface area (Å²) in [7, 11) is -3.73. The van der Waals surface area contributed by atoms with Crippen molar-refractivity contribution in [3.63, 3.8) is 0 Å². The maximum absolute atomic E-state index is 13.7. The quantitative estimate of drug-likeness (QED) is 0.537. The SMILES string of the molecule is CCC(C(=O)NC1CCCC1)N(Cc1ccc(C)cc1)C(=O)CN(c1cccc(C)c1)S(C)(=O)=O. The van der Waals surface area contributed by atoms with Crippen molar-refractivity contribution < 1.29 is 18.0 Å². The van der Waals surface area contributed by atoms with Gasteiger partial charge in [-0.25, -0.2) is 8.42 Å². The molecular weight excluding hydrogens is 462 g/mol. The molecule has 3 rings (SSSR count). The van der Waals surface area contributed by atoms with E-state index in [1.54, 1.807) is 18.2 Å². The summed E-state index contributed by atoms with van der Waals surface area (Å²) < 4.78 is 26.5. The van der Waals surface area contributed by atoms with Crippen LogP contribution in [-0.2, 0) is 26.2 Å². The van der Waals surface area contributed by atoms with Gasteiger partial charge in [-0.3, -0.25) is 13.9 Å². The second-order valence-corrected chi connectivity index (χ2v) is 11.4. The molecular formula is C27H37N3O4S. The van der Waals surface area contributed by atoms with Crippen LogP contribution < -0.4 is 9.62 Å². The summed E-state index contributed by atoms with van der Waals surface area (Å²) in [5.41, 5.74) is 3.31. The number of benzene rings is 2. The summed E-state index contributed by atoms with van der Waals surface area (Å²) in [4.78, 5) is 28.5. The molecule has 8 heteroatoms. The molecule has 2 amide bonds. The fourth-order valence-corrected chi connectivity index (χ4v) is 5.42. The van der Waals surface area contributed by atoms with E-state index in [4.69, 9.17) is 0 Å². The molecule has 35 heavy (non-hydrogen) atoms. The molecule has 1 N–H and O–H groups in total. The van der Waals surface area contributed by atoms with Crippen molar-refractivity contribution in [2.75, 3.05) is 17.1 Å². The topological polar surface area (TPSA) is 86.8 Å². The number of nitrogens with zero attached hydrogens (tertiary/aromatic N) is 2. The number of amides is 2. The van der Waals surface area contributed by atoms with Gasteiger partial charge in [0.05, 0.1) is 11.9 Å². The molecule has 0 heterocycles. The zero-order chi connectivity index (χ0) is 25.6. The lowest BCUT2D eigenvalue weighted by atomic mass is 10.1. The molecule has 0 aromatic heterocycles. The van der Waals surface area contributed by atoms with Gasteiger partial charge in [0.1, 0.15) is 12.6 Å². The number of hydrogen-bond donors (Lipinski definition) is 1. The van der Waals surface area contributed by atoms with E-state index in [1.807, 2.05) is 51.1 Å². The molecule has 0 spiro atoms. The first-order chi connectivity index (χ1) is 16.6. The van der Waals surface area contributed by atoms with Gasteiger partial charge >= 0.3 is 0 Å². The van der Waals surface area contributed by atoms with E-state index in [0.717, 1.165) is 52.9 Å². The Balaban J connectivity index is 1.91.